The van der Waals surface area contributed by atoms with Crippen LogP contribution in [0.15, 0.2) is 0 Å². The smallest absolute Gasteiger partial charge is 0.221 e. The van der Waals surface area contributed by atoms with Gasteiger partial charge in [-0.1, -0.05) is 0 Å². The highest BCUT2D eigenvalue weighted by molar-refractivity contribution is 5.77. The molecule has 1 saturated heterocycles. The van der Waals surface area contributed by atoms with Gasteiger partial charge in [0.1, 0.15) is 5.54 Å². The summed E-state index contributed by atoms with van der Waals surface area (Å²) in [6.45, 7) is 1.63. The van der Waals surface area contributed by atoms with Gasteiger partial charge in [0, 0.05) is 25.9 Å². The SMILES string of the molecule is CN1CCC(C#N)(NC(=O)CCCCC(N)=O)CC1. The van der Waals surface area contributed by atoms with Crippen LogP contribution in [0.3, 0.4) is 0 Å². The first-order valence-electron chi connectivity index (χ1n) is 6.66. The second-order valence-electron chi connectivity index (χ2n) is 5.22. The minimum Gasteiger partial charge on any atom is -0.370 e. The van der Waals surface area contributed by atoms with E-state index in [0.29, 0.717) is 38.5 Å². The molecule has 0 aliphatic carbocycles. The zero-order valence-electron chi connectivity index (χ0n) is 11.4. The van der Waals surface area contributed by atoms with Crippen LogP contribution in [0, 0.1) is 11.3 Å². The molecule has 0 aromatic rings. The highest BCUT2D eigenvalue weighted by atomic mass is 16.2. The molecule has 0 atom stereocenters. The molecule has 6 nitrogen and oxygen atoms in total. The van der Waals surface area contributed by atoms with Gasteiger partial charge in [-0.15, -0.1) is 0 Å². The molecule has 0 unspecified atom stereocenters. The van der Waals surface area contributed by atoms with E-state index in [9.17, 15) is 14.9 Å². The molecule has 1 rings (SSSR count). The molecule has 0 aromatic carbocycles. The van der Waals surface area contributed by atoms with Crippen molar-refractivity contribution in [2.75, 3.05) is 20.1 Å². The summed E-state index contributed by atoms with van der Waals surface area (Å²) in [7, 11) is 2.01. The van der Waals surface area contributed by atoms with Crippen LogP contribution in [0.25, 0.3) is 0 Å². The van der Waals surface area contributed by atoms with E-state index in [4.69, 9.17) is 5.73 Å². The van der Waals surface area contributed by atoms with Gasteiger partial charge in [-0.2, -0.15) is 5.26 Å². The van der Waals surface area contributed by atoms with Gasteiger partial charge in [0.2, 0.25) is 11.8 Å². The van der Waals surface area contributed by atoms with E-state index < -0.39 is 5.54 Å². The van der Waals surface area contributed by atoms with Crippen molar-refractivity contribution in [2.45, 2.75) is 44.1 Å². The van der Waals surface area contributed by atoms with Gasteiger partial charge < -0.3 is 16.0 Å². The van der Waals surface area contributed by atoms with Crippen molar-refractivity contribution in [3.05, 3.63) is 0 Å². The third-order valence-electron chi connectivity index (χ3n) is 3.51. The molecule has 0 aromatic heterocycles. The van der Waals surface area contributed by atoms with Crippen molar-refractivity contribution in [3.63, 3.8) is 0 Å². The number of unbranched alkanes of at least 4 members (excludes halogenated alkanes) is 1. The van der Waals surface area contributed by atoms with E-state index in [-0.39, 0.29) is 11.8 Å². The predicted octanol–water partition coefficient (Wildman–Crippen LogP) is 0.136. The average molecular weight is 266 g/mol. The number of amides is 2. The van der Waals surface area contributed by atoms with E-state index in [1.54, 1.807) is 0 Å². The first-order valence-corrected chi connectivity index (χ1v) is 6.66. The van der Waals surface area contributed by atoms with Crippen LogP contribution >= 0.6 is 0 Å². The highest BCUT2D eigenvalue weighted by Crippen LogP contribution is 2.21. The van der Waals surface area contributed by atoms with Gasteiger partial charge in [-0.05, 0) is 32.7 Å². The lowest BCUT2D eigenvalue weighted by molar-refractivity contribution is -0.123. The third kappa shape index (κ3) is 5.26. The van der Waals surface area contributed by atoms with Crippen LogP contribution in [-0.4, -0.2) is 42.4 Å². The number of nitrogens with zero attached hydrogens (tertiary/aromatic N) is 2. The monoisotopic (exact) mass is 266 g/mol. The molecule has 6 heteroatoms. The molecule has 19 heavy (non-hydrogen) atoms. The van der Waals surface area contributed by atoms with E-state index in [2.05, 4.69) is 16.3 Å². The molecule has 3 N–H and O–H groups in total. The fourth-order valence-corrected chi connectivity index (χ4v) is 2.18. The van der Waals surface area contributed by atoms with Crippen LogP contribution in [0.2, 0.25) is 0 Å². The molecule has 1 aliphatic rings. The predicted molar refractivity (Wildman–Crippen MR) is 70.9 cm³/mol. The Kier molecular flexibility index (Phi) is 5.77. The highest BCUT2D eigenvalue weighted by Gasteiger charge is 2.34. The summed E-state index contributed by atoms with van der Waals surface area (Å²) in [5, 5.41) is 12.1. The summed E-state index contributed by atoms with van der Waals surface area (Å²) in [6, 6.07) is 2.24. The number of likely N-dealkylation sites (tertiary alicyclic amines) is 1. The molecule has 1 fully saturated rings. The molecule has 1 heterocycles. The first-order chi connectivity index (χ1) is 8.97. The molecule has 0 radical (unpaired) electrons. The summed E-state index contributed by atoms with van der Waals surface area (Å²) in [5.74, 6) is -0.459. The van der Waals surface area contributed by atoms with Crippen LogP contribution in [0.4, 0.5) is 0 Å². The van der Waals surface area contributed by atoms with Crippen LogP contribution in [0.5, 0.6) is 0 Å². The Labute approximate surface area is 113 Å². The maximum absolute atomic E-state index is 11.8. The van der Waals surface area contributed by atoms with Gasteiger partial charge in [0.25, 0.3) is 0 Å². The second kappa shape index (κ2) is 7.10. The van der Waals surface area contributed by atoms with Crippen LogP contribution in [-0.2, 0) is 9.59 Å². The van der Waals surface area contributed by atoms with Gasteiger partial charge in [0.05, 0.1) is 6.07 Å². The van der Waals surface area contributed by atoms with Gasteiger partial charge in [0.15, 0.2) is 0 Å². The van der Waals surface area contributed by atoms with Crippen molar-refractivity contribution >= 4 is 11.8 Å². The summed E-state index contributed by atoms with van der Waals surface area (Å²) in [5.41, 5.74) is 4.31. The number of carbonyl (C=O) groups is 2. The Morgan fingerprint density at radius 3 is 2.42 bits per heavy atom. The third-order valence-corrected chi connectivity index (χ3v) is 3.51. The minimum absolute atomic E-state index is 0.115. The summed E-state index contributed by atoms with van der Waals surface area (Å²) < 4.78 is 0. The number of piperidine rings is 1. The molecule has 0 saturated carbocycles. The second-order valence-corrected chi connectivity index (χ2v) is 5.22. The minimum atomic E-state index is -0.715. The van der Waals surface area contributed by atoms with E-state index >= 15 is 0 Å². The van der Waals surface area contributed by atoms with Crippen molar-refractivity contribution in [2.24, 2.45) is 5.73 Å². The Hall–Kier alpha value is -1.61. The van der Waals surface area contributed by atoms with Crippen LogP contribution in [0.1, 0.15) is 38.5 Å². The number of rotatable bonds is 6. The topological polar surface area (TPSA) is 99.2 Å². The molecular weight excluding hydrogens is 244 g/mol. The lowest BCUT2D eigenvalue weighted by Gasteiger charge is -2.36. The number of carbonyl (C=O) groups excluding carboxylic acids is 2. The fourth-order valence-electron chi connectivity index (χ4n) is 2.18. The Bertz CT molecular complexity index is 367. The summed E-state index contributed by atoms with van der Waals surface area (Å²) >= 11 is 0. The Morgan fingerprint density at radius 2 is 1.89 bits per heavy atom. The van der Waals surface area contributed by atoms with Crippen molar-refractivity contribution < 1.29 is 9.59 Å². The zero-order chi connectivity index (χ0) is 14.3. The normalized spacial score (nSPS) is 18.5. The number of primary amides is 1. The number of nitrogens with two attached hydrogens (primary N) is 1. The quantitative estimate of drug-likeness (QED) is 0.668. The van der Waals surface area contributed by atoms with Gasteiger partial charge in [-0.25, -0.2) is 0 Å². The van der Waals surface area contributed by atoms with Gasteiger partial charge >= 0.3 is 0 Å². The van der Waals surface area contributed by atoms with E-state index in [1.165, 1.54) is 0 Å². The number of nitrogens with one attached hydrogen (secondary N) is 1. The van der Waals surface area contributed by atoms with E-state index in [1.807, 2.05) is 7.05 Å². The summed E-state index contributed by atoms with van der Waals surface area (Å²) in [4.78, 5) is 24.5. The van der Waals surface area contributed by atoms with Crippen molar-refractivity contribution in [1.82, 2.24) is 10.2 Å². The van der Waals surface area contributed by atoms with E-state index in [0.717, 1.165) is 13.1 Å². The standard InChI is InChI=1S/C13H22N4O2/c1-17-8-6-13(10-14,7-9-17)16-12(19)5-3-2-4-11(15)18/h2-9H2,1H3,(H2,15,18)(H,16,19). The van der Waals surface area contributed by atoms with Crippen molar-refractivity contribution in [3.8, 4) is 6.07 Å². The lowest BCUT2D eigenvalue weighted by atomic mass is 9.89. The number of hydrogen-bond acceptors (Lipinski definition) is 4. The van der Waals surface area contributed by atoms with Crippen molar-refractivity contribution in [1.29, 1.82) is 5.26 Å². The molecular formula is C13H22N4O2. The molecule has 1 aliphatic heterocycles. The van der Waals surface area contributed by atoms with Crippen LogP contribution < -0.4 is 11.1 Å². The average Bonchev–Trinajstić information content (AvgIpc) is 2.38. The molecule has 0 spiro atoms. The fraction of sp³-hybridized carbons (Fsp3) is 0.769. The molecule has 106 valence electrons. The maximum Gasteiger partial charge on any atom is 0.221 e. The lowest BCUT2D eigenvalue weighted by Crippen LogP contribution is -2.53. The molecule has 2 amide bonds. The maximum atomic E-state index is 11.8. The first kappa shape index (κ1) is 15.4. The number of nitriles is 1. The zero-order valence-corrected chi connectivity index (χ0v) is 11.4. The summed E-state index contributed by atoms with van der Waals surface area (Å²) in [6.07, 6.45) is 3.20. The molecule has 0 bridgehead atoms. The van der Waals surface area contributed by atoms with Gasteiger partial charge in [-0.3, -0.25) is 9.59 Å². The Balaban J connectivity index is 2.33. The largest absolute Gasteiger partial charge is 0.370 e. The number of hydrogen-bond donors (Lipinski definition) is 2. The Morgan fingerprint density at radius 1 is 1.32 bits per heavy atom.